The van der Waals surface area contributed by atoms with Crippen molar-refractivity contribution < 1.29 is 0 Å². The van der Waals surface area contributed by atoms with Crippen LogP contribution in [0.25, 0.3) is 38.6 Å². The molecule has 0 bridgehead atoms. The van der Waals surface area contributed by atoms with Crippen LogP contribution >= 0.6 is 11.6 Å². The van der Waals surface area contributed by atoms with Gasteiger partial charge in [0, 0.05) is 38.9 Å². The Bertz CT molecular complexity index is 2120. The molecule has 1 aliphatic carbocycles. The van der Waals surface area contributed by atoms with Gasteiger partial charge in [-0.2, -0.15) is 0 Å². The summed E-state index contributed by atoms with van der Waals surface area (Å²) in [5, 5.41) is 2.96. The minimum atomic E-state index is -0.0916. The van der Waals surface area contributed by atoms with Crippen molar-refractivity contribution in [1.29, 1.82) is 0 Å². The Labute approximate surface area is 251 Å². The van der Waals surface area contributed by atoms with Crippen molar-refractivity contribution in [2.45, 2.75) is 19.3 Å². The van der Waals surface area contributed by atoms with Crippen LogP contribution in [-0.4, -0.2) is 4.57 Å². The van der Waals surface area contributed by atoms with Crippen molar-refractivity contribution in [2.75, 3.05) is 4.90 Å². The third-order valence-electron chi connectivity index (χ3n) is 8.82. The average molecular weight is 561 g/mol. The molecule has 1 aromatic heterocycles. The van der Waals surface area contributed by atoms with Gasteiger partial charge in [-0.1, -0.05) is 110 Å². The van der Waals surface area contributed by atoms with E-state index in [1.54, 1.807) is 0 Å². The molecule has 1 heterocycles. The summed E-state index contributed by atoms with van der Waals surface area (Å²) in [4.78, 5) is 2.33. The second kappa shape index (κ2) is 9.37. The first-order valence-corrected chi connectivity index (χ1v) is 14.8. The average Bonchev–Trinajstić information content (AvgIpc) is 3.48. The van der Waals surface area contributed by atoms with Crippen LogP contribution in [0.2, 0.25) is 5.02 Å². The number of halogens is 1. The normalized spacial score (nSPS) is 13.3. The third-order valence-corrected chi connectivity index (χ3v) is 9.12. The molecule has 0 N–H and O–H groups in total. The zero-order chi connectivity index (χ0) is 28.4. The van der Waals surface area contributed by atoms with E-state index < -0.39 is 0 Å². The minimum absolute atomic E-state index is 0.0916. The number of hydrogen-bond donors (Lipinski definition) is 0. The summed E-state index contributed by atoms with van der Waals surface area (Å²) >= 11 is 7.22. The molecule has 7 aromatic rings. The standard InChI is InChI=1S/C39H29ClN2/c1-39(2)33-19-11-9-17-30(33)31-22-21-28(23-34(31)39)41(26-13-5-3-6-14-26)29-24-35(40)38-32-18-10-12-20-36(32)42(37(38)25-29)27-15-7-4-8-16-27/h3-25H,1-2H3. The number of anilines is 3. The molecule has 0 unspecified atom stereocenters. The molecule has 42 heavy (non-hydrogen) atoms. The van der Waals surface area contributed by atoms with Gasteiger partial charge < -0.3 is 9.47 Å². The van der Waals surface area contributed by atoms with Gasteiger partial charge in [-0.15, -0.1) is 0 Å². The van der Waals surface area contributed by atoms with E-state index in [2.05, 4.69) is 163 Å². The highest BCUT2D eigenvalue weighted by atomic mass is 35.5. The van der Waals surface area contributed by atoms with Crippen molar-refractivity contribution in [3.05, 3.63) is 156 Å². The number of nitrogens with zero attached hydrogens (tertiary/aromatic N) is 2. The van der Waals surface area contributed by atoms with Crippen LogP contribution in [0.1, 0.15) is 25.0 Å². The quantitative estimate of drug-likeness (QED) is 0.208. The monoisotopic (exact) mass is 560 g/mol. The van der Waals surface area contributed by atoms with Gasteiger partial charge in [-0.05, 0) is 76.9 Å². The van der Waals surface area contributed by atoms with Gasteiger partial charge in [0.25, 0.3) is 0 Å². The van der Waals surface area contributed by atoms with Gasteiger partial charge >= 0.3 is 0 Å². The van der Waals surface area contributed by atoms with Crippen LogP contribution in [0.4, 0.5) is 17.1 Å². The number of para-hydroxylation sites is 3. The molecule has 1 aliphatic rings. The molecule has 0 spiro atoms. The van der Waals surface area contributed by atoms with Crippen LogP contribution in [0, 0.1) is 0 Å². The van der Waals surface area contributed by atoms with E-state index in [1.807, 2.05) is 0 Å². The molecule has 202 valence electrons. The van der Waals surface area contributed by atoms with Crippen molar-refractivity contribution in [2.24, 2.45) is 0 Å². The lowest BCUT2D eigenvalue weighted by Crippen LogP contribution is -2.16. The summed E-state index contributed by atoms with van der Waals surface area (Å²) in [6.07, 6.45) is 0. The first kappa shape index (κ1) is 25.0. The summed E-state index contributed by atoms with van der Waals surface area (Å²) in [6.45, 7) is 4.66. The summed E-state index contributed by atoms with van der Waals surface area (Å²) in [6, 6.07) is 49.7. The van der Waals surface area contributed by atoms with Gasteiger partial charge in [0.15, 0.2) is 0 Å². The second-order valence-electron chi connectivity index (χ2n) is 11.6. The molecule has 3 heteroatoms. The van der Waals surface area contributed by atoms with Crippen LogP contribution in [-0.2, 0) is 5.41 Å². The Morgan fingerprint density at radius 2 is 1.21 bits per heavy atom. The molecule has 2 nitrogen and oxygen atoms in total. The van der Waals surface area contributed by atoms with E-state index in [0.717, 1.165) is 49.6 Å². The Hall–Kier alpha value is -4.79. The Balaban J connectivity index is 1.39. The van der Waals surface area contributed by atoms with Crippen LogP contribution in [0.5, 0.6) is 0 Å². The third kappa shape index (κ3) is 3.65. The zero-order valence-corrected chi connectivity index (χ0v) is 24.3. The molecule has 0 saturated carbocycles. The van der Waals surface area contributed by atoms with Crippen LogP contribution < -0.4 is 4.90 Å². The first-order chi connectivity index (χ1) is 20.5. The highest BCUT2D eigenvalue weighted by Gasteiger charge is 2.35. The minimum Gasteiger partial charge on any atom is -0.310 e. The summed E-state index contributed by atoms with van der Waals surface area (Å²) in [5.74, 6) is 0. The molecule has 0 aliphatic heterocycles. The van der Waals surface area contributed by atoms with Crippen molar-refractivity contribution in [3.63, 3.8) is 0 Å². The number of rotatable bonds is 4. The maximum atomic E-state index is 7.22. The maximum absolute atomic E-state index is 7.22. The zero-order valence-electron chi connectivity index (χ0n) is 23.6. The maximum Gasteiger partial charge on any atom is 0.0576 e. The summed E-state index contributed by atoms with van der Waals surface area (Å²) < 4.78 is 2.33. The predicted octanol–water partition coefficient (Wildman–Crippen LogP) is 11.2. The van der Waals surface area contributed by atoms with Crippen molar-refractivity contribution in [1.82, 2.24) is 4.57 Å². The first-order valence-electron chi connectivity index (χ1n) is 14.4. The van der Waals surface area contributed by atoms with Crippen molar-refractivity contribution >= 4 is 50.5 Å². The Kier molecular flexibility index (Phi) is 5.57. The smallest absolute Gasteiger partial charge is 0.0576 e. The van der Waals surface area contributed by atoms with E-state index >= 15 is 0 Å². The van der Waals surface area contributed by atoms with E-state index in [9.17, 15) is 0 Å². The lowest BCUT2D eigenvalue weighted by atomic mass is 9.82. The highest BCUT2D eigenvalue weighted by Crippen LogP contribution is 2.51. The molecule has 0 fully saturated rings. The molecule has 0 atom stereocenters. The number of benzene rings is 6. The molecule has 0 radical (unpaired) electrons. The van der Waals surface area contributed by atoms with Gasteiger partial charge in [0.05, 0.1) is 16.1 Å². The Morgan fingerprint density at radius 1 is 0.548 bits per heavy atom. The fourth-order valence-corrected chi connectivity index (χ4v) is 7.18. The molecule has 0 saturated heterocycles. The van der Waals surface area contributed by atoms with Crippen LogP contribution in [0.3, 0.4) is 0 Å². The van der Waals surface area contributed by atoms with Crippen molar-refractivity contribution in [3.8, 4) is 16.8 Å². The van der Waals surface area contributed by atoms with E-state index in [0.29, 0.717) is 0 Å². The van der Waals surface area contributed by atoms with Gasteiger partial charge in [0.2, 0.25) is 0 Å². The number of aromatic nitrogens is 1. The van der Waals surface area contributed by atoms with Crippen LogP contribution in [0.15, 0.2) is 140 Å². The Morgan fingerprint density at radius 3 is 2.02 bits per heavy atom. The fraction of sp³-hybridized carbons (Fsp3) is 0.0769. The summed E-state index contributed by atoms with van der Waals surface area (Å²) in [7, 11) is 0. The number of fused-ring (bicyclic) bond motifs is 6. The largest absolute Gasteiger partial charge is 0.310 e. The molecular weight excluding hydrogens is 532 g/mol. The molecular formula is C39H29ClN2. The fourth-order valence-electron chi connectivity index (χ4n) is 6.87. The lowest BCUT2D eigenvalue weighted by Gasteiger charge is -2.28. The second-order valence-corrected chi connectivity index (χ2v) is 12.0. The predicted molar refractivity (Wildman–Crippen MR) is 178 cm³/mol. The summed E-state index contributed by atoms with van der Waals surface area (Å²) in [5.41, 5.74) is 11.8. The molecule has 0 amide bonds. The topological polar surface area (TPSA) is 8.17 Å². The van der Waals surface area contributed by atoms with Gasteiger partial charge in [-0.3, -0.25) is 0 Å². The highest BCUT2D eigenvalue weighted by molar-refractivity contribution is 6.38. The number of hydrogen-bond acceptors (Lipinski definition) is 1. The SMILES string of the molecule is CC1(C)c2ccccc2-c2ccc(N(c3ccccc3)c3cc(Cl)c4c5ccccc5n(-c5ccccc5)c4c3)cc21. The van der Waals surface area contributed by atoms with E-state index in [-0.39, 0.29) is 5.41 Å². The molecule has 6 aromatic carbocycles. The van der Waals surface area contributed by atoms with E-state index in [1.165, 1.54) is 22.3 Å². The van der Waals surface area contributed by atoms with Gasteiger partial charge in [-0.25, -0.2) is 0 Å². The lowest BCUT2D eigenvalue weighted by molar-refractivity contribution is 0.660. The molecule has 8 rings (SSSR count). The van der Waals surface area contributed by atoms with Gasteiger partial charge in [0.1, 0.15) is 0 Å². The van der Waals surface area contributed by atoms with E-state index in [4.69, 9.17) is 11.6 Å².